The summed E-state index contributed by atoms with van der Waals surface area (Å²) in [5, 5.41) is 13.9. The van der Waals surface area contributed by atoms with Gasteiger partial charge in [-0.25, -0.2) is 36.8 Å². The Morgan fingerprint density at radius 2 is 1.63 bits per heavy atom. The van der Waals surface area contributed by atoms with E-state index in [4.69, 9.17) is 5.11 Å². The highest BCUT2D eigenvalue weighted by Crippen LogP contribution is 2.36. The number of imide groups is 1. The zero-order valence-electron chi connectivity index (χ0n) is 21.3. The Hall–Kier alpha value is -4.21. The second-order valence-corrected chi connectivity index (χ2v) is 10.8. The summed E-state index contributed by atoms with van der Waals surface area (Å²) in [7, 11) is 0. The Bertz CT molecular complexity index is 1560. The third-order valence-corrected chi connectivity index (χ3v) is 6.96. The smallest absolute Gasteiger partial charge is 0.335 e. The zero-order valence-corrected chi connectivity index (χ0v) is 23.5. The maximum Gasteiger partial charge on any atom is 0.335 e. The Balaban J connectivity index is 1.59. The fourth-order valence-electron chi connectivity index (χ4n) is 4.15. The molecule has 5 amide bonds. The van der Waals surface area contributed by atoms with Crippen LogP contribution in [0.2, 0.25) is 0 Å². The highest BCUT2D eigenvalue weighted by atomic mass is 127. The van der Waals surface area contributed by atoms with Gasteiger partial charge in [-0.05, 0) is 74.0 Å². The minimum Gasteiger partial charge on any atom is -0.709 e. The third kappa shape index (κ3) is 6.11. The van der Waals surface area contributed by atoms with Crippen molar-refractivity contribution >= 4 is 41.0 Å². The van der Waals surface area contributed by atoms with Crippen LogP contribution in [0.25, 0.3) is 0 Å². The van der Waals surface area contributed by atoms with Crippen LogP contribution in [-0.4, -0.2) is 39.5 Å². The van der Waals surface area contributed by atoms with Crippen LogP contribution in [-0.2, 0) is 15.3 Å². The van der Waals surface area contributed by atoms with Gasteiger partial charge in [-0.3, -0.25) is 4.79 Å². The first-order valence-electron chi connectivity index (χ1n) is 11.8. The molecule has 0 spiro atoms. The van der Waals surface area contributed by atoms with Crippen LogP contribution in [0.4, 0.5) is 44.2 Å². The van der Waals surface area contributed by atoms with E-state index < -0.39 is 50.6 Å². The molecule has 215 valence electrons. The van der Waals surface area contributed by atoms with Gasteiger partial charge in [-0.2, -0.15) is 0 Å². The quantitative estimate of drug-likeness (QED) is 0.153. The number of hydrogen-bond donors (Lipinski definition) is 3. The van der Waals surface area contributed by atoms with Gasteiger partial charge in [0.25, 0.3) is 5.91 Å². The summed E-state index contributed by atoms with van der Waals surface area (Å²) >= 11 is 0.745. The van der Waals surface area contributed by atoms with Crippen molar-refractivity contribution in [3.8, 4) is 0 Å². The molecule has 1 saturated heterocycles. The number of carbonyl (C=O) groups is 4. The van der Waals surface area contributed by atoms with Crippen LogP contribution in [0.5, 0.6) is 0 Å². The Morgan fingerprint density at radius 3 is 2.24 bits per heavy atom. The number of rotatable bonds is 7. The molecule has 9 nitrogen and oxygen atoms in total. The number of carboxylic acids is 1. The van der Waals surface area contributed by atoms with Gasteiger partial charge >= 0.3 is 18.0 Å². The lowest BCUT2D eigenvalue weighted by Crippen LogP contribution is -3.40. The number of aromatic carboxylic acids is 1. The third-order valence-electron chi connectivity index (χ3n) is 6.38. The van der Waals surface area contributed by atoms with E-state index in [1.165, 1.54) is 44.2 Å². The zero-order chi connectivity index (χ0) is 30.3. The summed E-state index contributed by atoms with van der Waals surface area (Å²) < 4.78 is 52.4. The lowest BCUT2D eigenvalue weighted by molar-refractivity contribution is -0.584. The lowest BCUT2D eigenvalue weighted by atomic mass is 10.0. The van der Waals surface area contributed by atoms with E-state index in [2.05, 4.69) is 10.6 Å². The van der Waals surface area contributed by atoms with E-state index in [1.54, 1.807) is 0 Å². The number of alkyl halides is 3. The van der Waals surface area contributed by atoms with E-state index in [0.29, 0.717) is 4.90 Å². The molecule has 0 saturated carbocycles. The van der Waals surface area contributed by atoms with E-state index >= 15 is 0 Å². The topological polar surface area (TPSA) is 119 Å². The Kier molecular flexibility index (Phi) is 7.98. The molecule has 4 rings (SSSR count). The summed E-state index contributed by atoms with van der Waals surface area (Å²) in [6.07, 6.45) is 0. The van der Waals surface area contributed by atoms with Gasteiger partial charge in [0.1, 0.15) is 17.2 Å². The number of hydrogen-bond acceptors (Lipinski definition) is 4. The maximum absolute atomic E-state index is 14.1. The predicted octanol–water partition coefficient (Wildman–Crippen LogP) is 2.66. The summed E-state index contributed by atoms with van der Waals surface area (Å²) in [4.78, 5) is 52.1. The normalized spacial score (nSPS) is 14.8. The van der Waals surface area contributed by atoms with Gasteiger partial charge in [0.05, 0.1) is 23.5 Å². The molecule has 0 aromatic heterocycles. The van der Waals surface area contributed by atoms with Crippen molar-refractivity contribution < 1.29 is 64.4 Å². The first kappa shape index (κ1) is 29.8. The molecule has 0 bridgehead atoms. The van der Waals surface area contributed by atoms with E-state index in [-0.39, 0.29) is 34.7 Å². The Morgan fingerprint density at radius 1 is 0.976 bits per heavy atom. The SMILES string of the molecule is CC1(C)C(=O)N(c2ccc(F)c(C(F)(F)[I-])c2)C(=O)N1Cc1ccc(F)cc1NC(=O)Nc1ccc(C(=O)O)cc1. The van der Waals surface area contributed by atoms with Crippen molar-refractivity contribution in [3.63, 3.8) is 0 Å². The molecule has 41 heavy (non-hydrogen) atoms. The fraction of sp³-hybridized carbons (Fsp3) is 0.185. The van der Waals surface area contributed by atoms with Crippen LogP contribution in [0.3, 0.4) is 0 Å². The number of benzene rings is 3. The number of nitrogens with one attached hydrogen (secondary N) is 2. The molecule has 0 aliphatic carbocycles. The highest BCUT2D eigenvalue weighted by Gasteiger charge is 2.52. The summed E-state index contributed by atoms with van der Waals surface area (Å²) in [5.74, 6) is -3.83. The van der Waals surface area contributed by atoms with Crippen LogP contribution >= 0.6 is 0 Å². The van der Waals surface area contributed by atoms with Gasteiger partial charge in [0.2, 0.25) is 0 Å². The first-order valence-corrected chi connectivity index (χ1v) is 12.9. The number of nitrogens with zero attached hydrogens (tertiary/aromatic N) is 2. The van der Waals surface area contributed by atoms with Gasteiger partial charge in [0, 0.05) is 11.3 Å². The minimum atomic E-state index is -3.60. The highest BCUT2D eigenvalue weighted by molar-refractivity contribution is 6.23. The number of carbonyl (C=O) groups excluding carboxylic acids is 3. The predicted molar refractivity (Wildman–Crippen MR) is 135 cm³/mol. The average molecular weight is 684 g/mol. The van der Waals surface area contributed by atoms with Gasteiger partial charge in [0.15, 0.2) is 3.93 Å². The van der Waals surface area contributed by atoms with Crippen molar-refractivity contribution in [2.75, 3.05) is 15.5 Å². The summed E-state index contributed by atoms with van der Waals surface area (Å²) in [5.41, 5.74) is -2.30. The standard InChI is InChI=1S/C27H21F4IN4O5/c1-26(2)23(39)36(18-9-10-20(29)19(12-18)27(30,31)32)25(41)35(26)13-15-3-6-16(28)11-21(15)34-24(40)33-17-7-4-14(5-8-17)22(37)38/h3-12H,13H2,1-2H3,(H,37,38)(H2,33,34,40)/q-1. The summed E-state index contributed by atoms with van der Waals surface area (Å²) in [6.45, 7) is 2.55. The van der Waals surface area contributed by atoms with Crippen molar-refractivity contribution in [1.29, 1.82) is 0 Å². The van der Waals surface area contributed by atoms with Crippen molar-refractivity contribution in [2.45, 2.75) is 29.9 Å². The van der Waals surface area contributed by atoms with Crippen LogP contribution in [0.15, 0.2) is 60.7 Å². The molecule has 1 aliphatic rings. The molecular formula is C27H21F4IN4O5-. The Labute approximate surface area is 244 Å². The molecule has 14 heteroatoms. The van der Waals surface area contributed by atoms with Gasteiger partial charge < -0.3 is 43.2 Å². The second kappa shape index (κ2) is 11.0. The average Bonchev–Trinajstić information content (AvgIpc) is 3.04. The number of halogens is 5. The van der Waals surface area contributed by atoms with E-state index in [0.717, 1.165) is 57.8 Å². The van der Waals surface area contributed by atoms with E-state index in [9.17, 15) is 36.7 Å². The first-order chi connectivity index (χ1) is 19.1. The molecule has 0 unspecified atom stereocenters. The second-order valence-electron chi connectivity index (χ2n) is 9.49. The molecular weight excluding hydrogens is 663 g/mol. The van der Waals surface area contributed by atoms with Crippen molar-refractivity contribution in [2.24, 2.45) is 0 Å². The van der Waals surface area contributed by atoms with Crippen molar-refractivity contribution in [1.82, 2.24) is 4.90 Å². The molecule has 1 radical (unpaired) electrons. The lowest BCUT2D eigenvalue weighted by Gasteiger charge is -2.28. The largest absolute Gasteiger partial charge is 0.709 e. The number of carboxylic acid groups (broad SMARTS) is 1. The monoisotopic (exact) mass is 684 g/mol. The van der Waals surface area contributed by atoms with Crippen molar-refractivity contribution in [3.05, 3.63) is 89.0 Å². The maximum atomic E-state index is 14.1. The van der Waals surface area contributed by atoms with Crippen LogP contribution in [0.1, 0.15) is 35.3 Å². The van der Waals surface area contributed by atoms with Crippen LogP contribution < -0.4 is 38.1 Å². The fourth-order valence-corrected chi connectivity index (χ4v) is 4.57. The van der Waals surface area contributed by atoms with Crippen LogP contribution in [0, 0.1) is 11.6 Å². The van der Waals surface area contributed by atoms with E-state index in [1.807, 2.05) is 0 Å². The molecule has 3 aromatic carbocycles. The summed E-state index contributed by atoms with van der Waals surface area (Å²) in [6, 6.07) is 9.47. The number of anilines is 3. The van der Waals surface area contributed by atoms with Gasteiger partial charge in [-0.15, -0.1) is 0 Å². The molecule has 0 atom stereocenters. The molecule has 1 fully saturated rings. The molecule has 1 heterocycles. The minimum absolute atomic E-state index is 0.00438. The number of urea groups is 2. The molecule has 3 N–H and O–H groups in total. The number of amides is 5. The molecule has 3 aromatic rings. The molecule has 1 aliphatic heterocycles. The van der Waals surface area contributed by atoms with Gasteiger partial charge in [-0.1, -0.05) is 6.07 Å².